The van der Waals surface area contributed by atoms with Gasteiger partial charge in [0.25, 0.3) is 5.91 Å². The van der Waals surface area contributed by atoms with Crippen molar-refractivity contribution in [1.29, 1.82) is 0 Å². The topological polar surface area (TPSA) is 70.1 Å². The van der Waals surface area contributed by atoms with E-state index in [4.69, 9.17) is 10.5 Å². The van der Waals surface area contributed by atoms with Crippen molar-refractivity contribution in [3.8, 4) is 11.6 Å². The largest absolute Gasteiger partial charge is 0.477 e. The number of halogens is 3. The minimum atomic E-state index is -4.81. The number of carbonyl (C=O) groups is 1. The van der Waals surface area contributed by atoms with Crippen LogP contribution >= 0.6 is 0 Å². The average Bonchev–Trinajstić information content (AvgIpc) is 2.80. The molecule has 0 aliphatic rings. The summed E-state index contributed by atoms with van der Waals surface area (Å²) in [5.41, 5.74) is 3.26. The number of amides is 1. The first-order valence-corrected chi connectivity index (χ1v) is 6.04. The zero-order valence-corrected chi connectivity index (χ0v) is 11.0. The van der Waals surface area contributed by atoms with E-state index in [1.807, 2.05) is 0 Å². The van der Waals surface area contributed by atoms with Crippen LogP contribution in [0.25, 0.3) is 5.69 Å². The van der Waals surface area contributed by atoms with Gasteiger partial charge in [-0.2, -0.15) is 23.0 Å². The number of hydrogen-bond donors (Lipinski definition) is 1. The molecule has 8 heteroatoms. The van der Waals surface area contributed by atoms with Crippen molar-refractivity contribution in [2.75, 3.05) is 6.61 Å². The van der Waals surface area contributed by atoms with Crippen LogP contribution in [0, 0.1) is 0 Å². The van der Waals surface area contributed by atoms with E-state index in [-0.39, 0.29) is 12.5 Å². The first-order chi connectivity index (χ1) is 9.86. The lowest BCUT2D eigenvalue weighted by atomic mass is 10.2. The second kappa shape index (κ2) is 5.47. The maximum Gasteiger partial charge on any atom is 0.436 e. The van der Waals surface area contributed by atoms with Crippen molar-refractivity contribution in [3.63, 3.8) is 0 Å². The molecular weight excluding hydrogens is 287 g/mol. The van der Waals surface area contributed by atoms with Gasteiger partial charge in [-0.05, 0) is 19.1 Å². The molecule has 0 spiro atoms. The lowest BCUT2D eigenvalue weighted by Gasteiger charge is -2.08. The molecule has 21 heavy (non-hydrogen) atoms. The van der Waals surface area contributed by atoms with Gasteiger partial charge in [0.1, 0.15) is 5.56 Å². The number of alkyl halides is 3. The van der Waals surface area contributed by atoms with E-state index in [0.29, 0.717) is 5.69 Å². The van der Waals surface area contributed by atoms with Gasteiger partial charge in [0.15, 0.2) is 5.69 Å². The molecule has 0 aliphatic carbocycles. The number of rotatable bonds is 4. The standard InChI is InChI=1S/C13H12F3N3O2/c1-2-21-12-9(11(17)20)10(13(14,15)16)18-19(12)8-6-4-3-5-7-8/h3-7H,2H2,1H3,(H2,17,20). The number of hydrogen-bond acceptors (Lipinski definition) is 3. The van der Waals surface area contributed by atoms with Crippen LogP contribution < -0.4 is 10.5 Å². The Morgan fingerprint density at radius 3 is 2.43 bits per heavy atom. The van der Waals surface area contributed by atoms with Crippen LogP contribution in [0.3, 0.4) is 0 Å². The van der Waals surface area contributed by atoms with Gasteiger partial charge in [-0.3, -0.25) is 4.79 Å². The Morgan fingerprint density at radius 2 is 1.95 bits per heavy atom. The number of primary amides is 1. The van der Waals surface area contributed by atoms with Gasteiger partial charge in [-0.25, -0.2) is 0 Å². The summed E-state index contributed by atoms with van der Waals surface area (Å²) in [6.45, 7) is 1.65. The maximum atomic E-state index is 13.0. The van der Waals surface area contributed by atoms with Crippen LogP contribution in [0.2, 0.25) is 0 Å². The quantitative estimate of drug-likeness (QED) is 0.942. The predicted octanol–water partition coefficient (Wildman–Crippen LogP) is 2.39. The molecule has 0 unspecified atom stereocenters. The molecule has 2 N–H and O–H groups in total. The van der Waals surface area contributed by atoms with Crippen LogP contribution in [0.1, 0.15) is 23.0 Å². The van der Waals surface area contributed by atoms with E-state index in [0.717, 1.165) is 4.68 Å². The maximum absolute atomic E-state index is 13.0. The predicted molar refractivity (Wildman–Crippen MR) is 68.3 cm³/mol. The summed E-state index contributed by atoms with van der Waals surface area (Å²) in [5.74, 6) is -1.56. The second-order valence-corrected chi connectivity index (χ2v) is 4.07. The molecule has 112 valence electrons. The average molecular weight is 299 g/mol. The Kier molecular flexibility index (Phi) is 3.88. The van der Waals surface area contributed by atoms with Crippen molar-refractivity contribution in [1.82, 2.24) is 9.78 Å². The first-order valence-electron chi connectivity index (χ1n) is 6.04. The normalized spacial score (nSPS) is 11.4. The van der Waals surface area contributed by atoms with Gasteiger partial charge in [0.2, 0.25) is 5.88 Å². The molecule has 2 aromatic rings. The van der Waals surface area contributed by atoms with Crippen LogP contribution in [-0.2, 0) is 6.18 Å². The molecule has 0 atom stereocenters. The van der Waals surface area contributed by atoms with Crippen molar-refractivity contribution in [2.45, 2.75) is 13.1 Å². The Labute approximate surface area is 118 Å². The van der Waals surface area contributed by atoms with Gasteiger partial charge in [0, 0.05) is 0 Å². The number of carbonyl (C=O) groups excluding carboxylic acids is 1. The van der Waals surface area contributed by atoms with E-state index in [1.165, 1.54) is 0 Å². The minimum Gasteiger partial charge on any atom is -0.477 e. The highest BCUT2D eigenvalue weighted by atomic mass is 19.4. The number of ether oxygens (including phenoxy) is 1. The zero-order chi connectivity index (χ0) is 15.6. The summed E-state index contributed by atoms with van der Waals surface area (Å²) >= 11 is 0. The van der Waals surface area contributed by atoms with E-state index >= 15 is 0 Å². The lowest BCUT2D eigenvalue weighted by molar-refractivity contribution is -0.141. The summed E-state index contributed by atoms with van der Waals surface area (Å²) < 4.78 is 45.1. The van der Waals surface area contributed by atoms with Crippen LogP contribution in [0.15, 0.2) is 30.3 Å². The molecule has 1 aromatic carbocycles. The lowest BCUT2D eigenvalue weighted by Crippen LogP contribution is -2.18. The molecule has 0 bridgehead atoms. The molecule has 0 fully saturated rings. The second-order valence-electron chi connectivity index (χ2n) is 4.07. The highest BCUT2D eigenvalue weighted by molar-refractivity contribution is 5.96. The summed E-state index contributed by atoms with van der Waals surface area (Å²) in [6.07, 6.45) is -4.81. The van der Waals surface area contributed by atoms with Crippen molar-refractivity contribution >= 4 is 5.91 Å². The van der Waals surface area contributed by atoms with Gasteiger partial charge < -0.3 is 10.5 Å². The number of nitrogens with two attached hydrogens (primary N) is 1. The molecule has 0 aliphatic heterocycles. The number of benzene rings is 1. The summed E-state index contributed by atoms with van der Waals surface area (Å²) in [7, 11) is 0. The van der Waals surface area contributed by atoms with Crippen molar-refractivity contribution in [2.24, 2.45) is 5.73 Å². The van der Waals surface area contributed by atoms with Gasteiger partial charge >= 0.3 is 6.18 Å². The molecule has 1 amide bonds. The fraction of sp³-hybridized carbons (Fsp3) is 0.231. The highest BCUT2D eigenvalue weighted by Gasteiger charge is 2.42. The van der Waals surface area contributed by atoms with E-state index < -0.39 is 23.3 Å². The third-order valence-electron chi connectivity index (χ3n) is 2.64. The number of para-hydroxylation sites is 1. The van der Waals surface area contributed by atoms with Crippen LogP contribution in [0.4, 0.5) is 13.2 Å². The van der Waals surface area contributed by atoms with Crippen molar-refractivity contribution in [3.05, 3.63) is 41.6 Å². The Morgan fingerprint density at radius 1 is 1.33 bits per heavy atom. The Balaban J connectivity index is 2.74. The number of nitrogens with zero attached hydrogens (tertiary/aromatic N) is 2. The van der Waals surface area contributed by atoms with E-state index in [1.54, 1.807) is 37.3 Å². The fourth-order valence-electron chi connectivity index (χ4n) is 1.84. The summed E-state index contributed by atoms with van der Waals surface area (Å²) in [5, 5.41) is 3.46. The molecular formula is C13H12F3N3O2. The van der Waals surface area contributed by atoms with Crippen LogP contribution in [-0.4, -0.2) is 22.3 Å². The monoisotopic (exact) mass is 299 g/mol. The highest BCUT2D eigenvalue weighted by Crippen LogP contribution is 2.36. The Bertz CT molecular complexity index is 651. The van der Waals surface area contributed by atoms with Crippen molar-refractivity contribution < 1.29 is 22.7 Å². The van der Waals surface area contributed by atoms with Gasteiger partial charge in [-0.15, -0.1) is 0 Å². The SMILES string of the molecule is CCOc1c(C(N)=O)c(C(F)(F)F)nn1-c1ccccc1. The first kappa shape index (κ1) is 14.9. The summed E-state index contributed by atoms with van der Waals surface area (Å²) in [4.78, 5) is 11.4. The molecule has 5 nitrogen and oxygen atoms in total. The number of aromatic nitrogens is 2. The van der Waals surface area contributed by atoms with Crippen LogP contribution in [0.5, 0.6) is 5.88 Å². The van der Waals surface area contributed by atoms with Gasteiger partial charge in [-0.1, -0.05) is 18.2 Å². The summed E-state index contributed by atoms with van der Waals surface area (Å²) in [6, 6.07) is 8.04. The molecule has 0 saturated carbocycles. The van der Waals surface area contributed by atoms with E-state index in [9.17, 15) is 18.0 Å². The third-order valence-corrected chi connectivity index (χ3v) is 2.64. The molecule has 0 saturated heterocycles. The van der Waals surface area contributed by atoms with Gasteiger partial charge in [0.05, 0.1) is 12.3 Å². The molecule has 1 aromatic heterocycles. The smallest absolute Gasteiger partial charge is 0.436 e. The van der Waals surface area contributed by atoms with E-state index in [2.05, 4.69) is 5.10 Å². The third kappa shape index (κ3) is 2.83. The zero-order valence-electron chi connectivity index (χ0n) is 11.0. The fourth-order valence-corrected chi connectivity index (χ4v) is 1.84. The minimum absolute atomic E-state index is 0.0656. The molecule has 1 heterocycles. The Hall–Kier alpha value is -2.51. The molecule has 0 radical (unpaired) electrons. The molecule has 2 rings (SSSR count).